The molecule has 1 aromatic rings. The van der Waals surface area contributed by atoms with Crippen LogP contribution in [0.25, 0.3) is 0 Å². The van der Waals surface area contributed by atoms with Gasteiger partial charge in [0, 0.05) is 6.42 Å². The summed E-state index contributed by atoms with van der Waals surface area (Å²) in [6, 6.07) is 6.54. The summed E-state index contributed by atoms with van der Waals surface area (Å²) in [5, 5.41) is 2.99. The molecule has 3 N–H and O–H groups in total. The Morgan fingerprint density at radius 2 is 1.54 bits per heavy atom. The third-order valence-electron chi connectivity index (χ3n) is 6.54. The molecule has 39 heavy (non-hydrogen) atoms. The lowest BCUT2D eigenvalue weighted by Crippen LogP contribution is -2.53. The van der Waals surface area contributed by atoms with Crippen molar-refractivity contribution >= 4 is 17.8 Å². The van der Waals surface area contributed by atoms with Gasteiger partial charge >= 0.3 is 11.9 Å². The average Bonchev–Trinajstić information content (AvgIpc) is 3.20. The lowest BCUT2D eigenvalue weighted by Gasteiger charge is -2.36. The van der Waals surface area contributed by atoms with Crippen molar-refractivity contribution in [1.82, 2.24) is 5.32 Å². The fraction of sp³-hybridized carbons (Fsp3) is 0.710. The third-order valence-corrected chi connectivity index (χ3v) is 6.54. The Labute approximate surface area is 234 Å². The number of carbonyl (C=O) groups excluding carboxylic acids is 3. The standard InChI is InChI=1S/C31H50N2O6/c1-28(2,3)37-22-15-13-21(14-16-22)20-24(26(35)39-30(7,8)9)33-27(36)31(18-11-19-32)17-10-12-23(31)25(34)38-29(4,5)6/h13-16,23-24H,10-12,17-20,32H2,1-9H3,(H,33,36)/t23-,24+,31?/m1/s1. The smallest absolute Gasteiger partial charge is 0.329 e. The second-order valence-electron chi connectivity index (χ2n) is 13.6. The zero-order chi connectivity index (χ0) is 29.6. The number of esters is 2. The van der Waals surface area contributed by atoms with E-state index in [1.807, 2.05) is 65.8 Å². The van der Waals surface area contributed by atoms with Gasteiger partial charge in [-0.15, -0.1) is 0 Å². The van der Waals surface area contributed by atoms with E-state index in [1.54, 1.807) is 20.8 Å². The highest BCUT2D eigenvalue weighted by Crippen LogP contribution is 2.48. The predicted octanol–water partition coefficient (Wildman–Crippen LogP) is 5.10. The van der Waals surface area contributed by atoms with E-state index in [0.29, 0.717) is 38.6 Å². The van der Waals surface area contributed by atoms with Crippen molar-refractivity contribution in [2.45, 2.75) is 124 Å². The number of rotatable bonds is 10. The van der Waals surface area contributed by atoms with E-state index in [0.717, 1.165) is 11.3 Å². The molecule has 1 aliphatic rings. The van der Waals surface area contributed by atoms with Gasteiger partial charge in [-0.05, 0) is 112 Å². The maximum atomic E-state index is 14.0. The molecule has 1 aromatic carbocycles. The first-order chi connectivity index (χ1) is 17.8. The number of ether oxygens (including phenoxy) is 3. The topological polar surface area (TPSA) is 117 Å². The van der Waals surface area contributed by atoms with Gasteiger partial charge < -0.3 is 25.3 Å². The van der Waals surface area contributed by atoms with Crippen molar-refractivity contribution in [3.8, 4) is 5.75 Å². The van der Waals surface area contributed by atoms with E-state index in [2.05, 4.69) is 5.32 Å². The van der Waals surface area contributed by atoms with Crippen LogP contribution in [0.3, 0.4) is 0 Å². The number of benzene rings is 1. The summed E-state index contributed by atoms with van der Waals surface area (Å²) in [5.41, 5.74) is 3.95. The summed E-state index contributed by atoms with van der Waals surface area (Å²) < 4.78 is 17.3. The average molecular weight is 547 g/mol. The van der Waals surface area contributed by atoms with Crippen molar-refractivity contribution in [3.63, 3.8) is 0 Å². The fourth-order valence-corrected chi connectivity index (χ4v) is 5.04. The van der Waals surface area contributed by atoms with Crippen LogP contribution in [0.2, 0.25) is 0 Å². The molecule has 0 aliphatic heterocycles. The van der Waals surface area contributed by atoms with Crippen LogP contribution in [-0.2, 0) is 30.3 Å². The van der Waals surface area contributed by atoms with Gasteiger partial charge in [0.1, 0.15) is 28.6 Å². The quantitative estimate of drug-likeness (QED) is 0.392. The largest absolute Gasteiger partial charge is 0.488 e. The number of amides is 1. The lowest BCUT2D eigenvalue weighted by molar-refractivity contribution is -0.167. The summed E-state index contributed by atoms with van der Waals surface area (Å²) in [6.45, 7) is 17.2. The van der Waals surface area contributed by atoms with E-state index in [4.69, 9.17) is 19.9 Å². The van der Waals surface area contributed by atoms with Gasteiger partial charge in [0.15, 0.2) is 0 Å². The number of hydrogen-bond donors (Lipinski definition) is 2. The Morgan fingerprint density at radius 1 is 0.949 bits per heavy atom. The summed E-state index contributed by atoms with van der Waals surface area (Å²) in [6.07, 6.45) is 3.06. The molecule has 8 heteroatoms. The molecule has 8 nitrogen and oxygen atoms in total. The highest BCUT2D eigenvalue weighted by atomic mass is 16.6. The minimum absolute atomic E-state index is 0.237. The Hall–Kier alpha value is -2.61. The normalized spacial score (nSPS) is 20.7. The van der Waals surface area contributed by atoms with Crippen molar-refractivity contribution < 1.29 is 28.6 Å². The fourth-order valence-electron chi connectivity index (χ4n) is 5.04. The van der Waals surface area contributed by atoms with Gasteiger partial charge in [-0.3, -0.25) is 9.59 Å². The molecule has 3 atom stereocenters. The van der Waals surface area contributed by atoms with Crippen LogP contribution >= 0.6 is 0 Å². The second kappa shape index (κ2) is 12.7. The number of nitrogens with two attached hydrogens (primary N) is 1. The van der Waals surface area contributed by atoms with Gasteiger partial charge in [0.25, 0.3) is 0 Å². The van der Waals surface area contributed by atoms with Crippen molar-refractivity contribution in [2.75, 3.05) is 6.54 Å². The molecule has 0 saturated heterocycles. The van der Waals surface area contributed by atoms with Crippen LogP contribution in [0.5, 0.6) is 5.75 Å². The Bertz CT molecular complexity index is 984. The summed E-state index contributed by atoms with van der Waals surface area (Å²) in [4.78, 5) is 40.6. The molecule has 0 aromatic heterocycles. The monoisotopic (exact) mass is 546 g/mol. The van der Waals surface area contributed by atoms with Crippen LogP contribution in [0, 0.1) is 11.3 Å². The second-order valence-corrected chi connectivity index (χ2v) is 13.6. The first-order valence-electron chi connectivity index (χ1n) is 14.1. The highest BCUT2D eigenvalue weighted by molar-refractivity contribution is 5.92. The molecule has 0 spiro atoms. The predicted molar refractivity (Wildman–Crippen MR) is 152 cm³/mol. The molecular formula is C31H50N2O6. The molecule has 1 saturated carbocycles. The van der Waals surface area contributed by atoms with E-state index in [9.17, 15) is 14.4 Å². The number of carbonyl (C=O) groups is 3. The van der Waals surface area contributed by atoms with Gasteiger partial charge in [-0.2, -0.15) is 0 Å². The molecule has 1 fully saturated rings. The van der Waals surface area contributed by atoms with Gasteiger partial charge in [0.05, 0.1) is 11.3 Å². The summed E-state index contributed by atoms with van der Waals surface area (Å²) >= 11 is 0. The maximum absolute atomic E-state index is 14.0. The van der Waals surface area contributed by atoms with Crippen LogP contribution in [0.4, 0.5) is 0 Å². The van der Waals surface area contributed by atoms with Gasteiger partial charge in [-0.25, -0.2) is 4.79 Å². The molecule has 220 valence electrons. The SMILES string of the molecule is CC(C)(C)OC(=O)[C@H](Cc1ccc(OC(C)(C)C)cc1)NC(=O)C1(CCCN)CCC[C@@H]1C(=O)OC(C)(C)C. The van der Waals surface area contributed by atoms with E-state index >= 15 is 0 Å². The minimum Gasteiger partial charge on any atom is -0.488 e. The third kappa shape index (κ3) is 10.1. The van der Waals surface area contributed by atoms with E-state index in [1.165, 1.54) is 0 Å². The maximum Gasteiger partial charge on any atom is 0.329 e. The number of nitrogens with one attached hydrogen (secondary N) is 1. The van der Waals surface area contributed by atoms with Gasteiger partial charge in [0.2, 0.25) is 5.91 Å². The van der Waals surface area contributed by atoms with Crippen LogP contribution in [0.1, 0.15) is 100.0 Å². The van der Waals surface area contributed by atoms with Crippen molar-refractivity contribution in [2.24, 2.45) is 17.1 Å². The molecular weight excluding hydrogens is 496 g/mol. The van der Waals surface area contributed by atoms with Crippen molar-refractivity contribution in [1.29, 1.82) is 0 Å². The van der Waals surface area contributed by atoms with Gasteiger partial charge in [-0.1, -0.05) is 18.6 Å². The minimum atomic E-state index is -0.994. The Kier molecular flexibility index (Phi) is 10.6. The van der Waals surface area contributed by atoms with Crippen LogP contribution in [-0.4, -0.2) is 47.2 Å². The highest BCUT2D eigenvalue weighted by Gasteiger charge is 2.53. The zero-order valence-electron chi connectivity index (χ0n) is 25.4. The Morgan fingerprint density at radius 3 is 2.05 bits per heavy atom. The number of hydrogen-bond acceptors (Lipinski definition) is 7. The molecule has 0 radical (unpaired) electrons. The zero-order valence-corrected chi connectivity index (χ0v) is 25.4. The van der Waals surface area contributed by atoms with Crippen LogP contribution in [0.15, 0.2) is 24.3 Å². The molecule has 0 heterocycles. The van der Waals surface area contributed by atoms with E-state index < -0.39 is 34.5 Å². The first kappa shape index (κ1) is 32.6. The Balaban J connectivity index is 2.36. The first-order valence-corrected chi connectivity index (χ1v) is 14.1. The molecule has 1 aliphatic carbocycles. The molecule has 1 unspecified atom stereocenters. The summed E-state index contributed by atoms with van der Waals surface area (Å²) in [7, 11) is 0. The van der Waals surface area contributed by atoms with Crippen molar-refractivity contribution in [3.05, 3.63) is 29.8 Å². The van der Waals surface area contributed by atoms with Crippen LogP contribution < -0.4 is 15.8 Å². The molecule has 1 amide bonds. The summed E-state index contributed by atoms with van der Waals surface area (Å²) in [5.74, 6) is -1.11. The lowest BCUT2D eigenvalue weighted by atomic mass is 9.73. The van der Waals surface area contributed by atoms with E-state index in [-0.39, 0.29) is 23.9 Å². The molecule has 2 rings (SSSR count). The molecule has 0 bridgehead atoms.